The van der Waals surface area contributed by atoms with Crippen molar-refractivity contribution in [2.45, 2.75) is 65.6 Å². The van der Waals surface area contributed by atoms with Crippen molar-refractivity contribution in [3.63, 3.8) is 0 Å². The minimum absolute atomic E-state index is 0.137. The molecule has 35 heavy (non-hydrogen) atoms. The summed E-state index contributed by atoms with van der Waals surface area (Å²) in [7, 11) is -3.76. The SMILES string of the molecule is CCc1ccc(N(CC(=O)N(Cc2ccc(Cl)cc2)[C@H](CC)C(=O)NC(C)(C)C)S(C)(=O)=O)cc1. The maximum Gasteiger partial charge on any atom is 0.244 e. The van der Waals surface area contributed by atoms with E-state index >= 15 is 0 Å². The highest BCUT2D eigenvalue weighted by Gasteiger charge is 2.33. The third-order valence-corrected chi connectivity index (χ3v) is 6.85. The highest BCUT2D eigenvalue weighted by molar-refractivity contribution is 7.92. The molecule has 1 atom stereocenters. The van der Waals surface area contributed by atoms with Gasteiger partial charge in [-0.1, -0.05) is 49.7 Å². The Morgan fingerprint density at radius 3 is 1.97 bits per heavy atom. The first kappa shape index (κ1) is 28.7. The summed E-state index contributed by atoms with van der Waals surface area (Å²) in [6.07, 6.45) is 2.25. The topological polar surface area (TPSA) is 86.8 Å². The van der Waals surface area contributed by atoms with Crippen LogP contribution in [0.3, 0.4) is 0 Å². The average molecular weight is 522 g/mol. The summed E-state index contributed by atoms with van der Waals surface area (Å²) in [5, 5.41) is 3.50. The number of nitrogens with one attached hydrogen (secondary N) is 1. The number of rotatable bonds is 10. The van der Waals surface area contributed by atoms with Gasteiger partial charge in [-0.25, -0.2) is 8.42 Å². The summed E-state index contributed by atoms with van der Waals surface area (Å²) >= 11 is 6.01. The minimum Gasteiger partial charge on any atom is -0.350 e. The molecule has 0 aliphatic carbocycles. The lowest BCUT2D eigenvalue weighted by molar-refractivity contribution is -0.141. The molecule has 0 aromatic heterocycles. The zero-order valence-corrected chi connectivity index (χ0v) is 22.9. The van der Waals surface area contributed by atoms with Crippen molar-refractivity contribution in [1.82, 2.24) is 10.2 Å². The van der Waals surface area contributed by atoms with Crippen LogP contribution in [0.25, 0.3) is 0 Å². The van der Waals surface area contributed by atoms with Gasteiger partial charge in [0.1, 0.15) is 12.6 Å². The molecule has 2 amide bonds. The molecule has 0 saturated heterocycles. The summed E-state index contributed by atoms with van der Waals surface area (Å²) in [5.74, 6) is -0.763. The predicted octanol–water partition coefficient (Wildman–Crippen LogP) is 4.39. The Bertz CT molecular complexity index is 1110. The van der Waals surface area contributed by atoms with E-state index in [4.69, 9.17) is 11.6 Å². The molecule has 0 unspecified atom stereocenters. The zero-order chi connectivity index (χ0) is 26.4. The van der Waals surface area contributed by atoms with Gasteiger partial charge in [-0.15, -0.1) is 0 Å². The standard InChI is InChI=1S/C26H36ClN3O4S/c1-7-19-11-15-22(16-12-19)30(35(6,33)34)18-24(31)29(17-20-9-13-21(27)14-10-20)23(8-2)25(32)28-26(3,4)5/h9-16,23H,7-8,17-18H2,1-6H3,(H,28,32)/t23-/m1/s1. The number of nitrogens with zero attached hydrogens (tertiary/aromatic N) is 2. The number of sulfonamides is 1. The molecule has 0 radical (unpaired) electrons. The number of carbonyl (C=O) groups is 2. The maximum absolute atomic E-state index is 13.7. The second-order valence-corrected chi connectivity index (χ2v) is 11.9. The molecular weight excluding hydrogens is 486 g/mol. The second-order valence-electron chi connectivity index (χ2n) is 9.60. The van der Waals surface area contributed by atoms with E-state index in [1.165, 1.54) is 4.90 Å². The molecule has 0 aliphatic rings. The molecule has 0 spiro atoms. The number of benzene rings is 2. The third-order valence-electron chi connectivity index (χ3n) is 5.46. The molecule has 1 N–H and O–H groups in total. The monoisotopic (exact) mass is 521 g/mol. The quantitative estimate of drug-likeness (QED) is 0.502. The van der Waals surface area contributed by atoms with Crippen LogP contribution in [0, 0.1) is 0 Å². The van der Waals surface area contributed by atoms with Gasteiger partial charge in [0.15, 0.2) is 0 Å². The van der Waals surface area contributed by atoms with Crippen molar-refractivity contribution in [2.75, 3.05) is 17.1 Å². The largest absolute Gasteiger partial charge is 0.350 e. The molecular formula is C26H36ClN3O4S. The maximum atomic E-state index is 13.7. The number of amides is 2. The van der Waals surface area contributed by atoms with Crippen LogP contribution in [0.2, 0.25) is 5.02 Å². The van der Waals surface area contributed by atoms with Gasteiger partial charge in [0.25, 0.3) is 0 Å². The Balaban J connectivity index is 2.44. The van der Waals surface area contributed by atoms with E-state index in [0.717, 1.165) is 28.1 Å². The van der Waals surface area contributed by atoms with Gasteiger partial charge in [-0.05, 0) is 69.0 Å². The lowest BCUT2D eigenvalue weighted by atomic mass is 10.1. The van der Waals surface area contributed by atoms with E-state index in [9.17, 15) is 18.0 Å². The fraction of sp³-hybridized carbons (Fsp3) is 0.462. The van der Waals surface area contributed by atoms with Gasteiger partial charge in [0, 0.05) is 17.1 Å². The van der Waals surface area contributed by atoms with Crippen molar-refractivity contribution >= 4 is 39.1 Å². The Kier molecular flexibility index (Phi) is 9.75. The first-order valence-corrected chi connectivity index (χ1v) is 13.9. The van der Waals surface area contributed by atoms with E-state index in [1.807, 2.05) is 46.8 Å². The molecule has 0 fully saturated rings. The number of hydrogen-bond acceptors (Lipinski definition) is 4. The fourth-order valence-corrected chi connectivity index (χ4v) is 4.65. The van der Waals surface area contributed by atoms with Crippen LogP contribution in [0.15, 0.2) is 48.5 Å². The summed E-state index contributed by atoms with van der Waals surface area (Å²) in [4.78, 5) is 28.2. The Labute approximate surface area is 214 Å². The van der Waals surface area contributed by atoms with Crippen LogP contribution in [0.4, 0.5) is 5.69 Å². The number of halogens is 1. The van der Waals surface area contributed by atoms with Gasteiger partial charge in [-0.3, -0.25) is 13.9 Å². The van der Waals surface area contributed by atoms with Crippen molar-refractivity contribution in [3.8, 4) is 0 Å². The molecule has 0 saturated carbocycles. The van der Waals surface area contributed by atoms with Gasteiger partial charge >= 0.3 is 0 Å². The Morgan fingerprint density at radius 1 is 0.971 bits per heavy atom. The van der Waals surface area contributed by atoms with E-state index in [-0.39, 0.29) is 12.5 Å². The molecule has 0 bridgehead atoms. The second kappa shape index (κ2) is 11.9. The van der Waals surface area contributed by atoms with Gasteiger partial charge in [0.05, 0.1) is 11.9 Å². The number of anilines is 1. The predicted molar refractivity (Wildman–Crippen MR) is 142 cm³/mol. The molecule has 2 rings (SSSR count). The zero-order valence-electron chi connectivity index (χ0n) is 21.3. The molecule has 0 aliphatic heterocycles. The molecule has 192 valence electrons. The van der Waals surface area contributed by atoms with E-state index in [1.54, 1.807) is 36.4 Å². The molecule has 2 aromatic carbocycles. The smallest absolute Gasteiger partial charge is 0.244 e. The molecule has 0 heterocycles. The van der Waals surface area contributed by atoms with Crippen molar-refractivity contribution in [2.24, 2.45) is 0 Å². The van der Waals surface area contributed by atoms with Crippen LogP contribution in [-0.2, 0) is 32.6 Å². The summed E-state index contributed by atoms with van der Waals surface area (Å²) in [6.45, 7) is 9.16. The normalized spacial score (nSPS) is 12.7. The summed E-state index contributed by atoms with van der Waals surface area (Å²) in [6, 6.07) is 13.3. The van der Waals surface area contributed by atoms with Crippen LogP contribution in [0.1, 0.15) is 52.2 Å². The Hall–Kier alpha value is -2.58. The van der Waals surface area contributed by atoms with Crippen molar-refractivity contribution in [1.29, 1.82) is 0 Å². The average Bonchev–Trinajstić information content (AvgIpc) is 2.76. The third kappa shape index (κ3) is 8.54. The van der Waals surface area contributed by atoms with Crippen LogP contribution in [0.5, 0.6) is 0 Å². The fourth-order valence-electron chi connectivity index (χ4n) is 3.67. The molecule has 2 aromatic rings. The van der Waals surface area contributed by atoms with E-state index < -0.39 is 34.1 Å². The number of aryl methyl sites for hydroxylation is 1. The molecule has 9 heteroatoms. The van der Waals surface area contributed by atoms with E-state index in [2.05, 4.69) is 5.32 Å². The van der Waals surface area contributed by atoms with Gasteiger partial charge in [0.2, 0.25) is 21.8 Å². The summed E-state index contributed by atoms with van der Waals surface area (Å²) < 4.78 is 26.4. The highest BCUT2D eigenvalue weighted by atomic mass is 35.5. The van der Waals surface area contributed by atoms with Crippen molar-refractivity contribution < 1.29 is 18.0 Å². The summed E-state index contributed by atoms with van der Waals surface area (Å²) in [5.41, 5.74) is 1.75. The first-order valence-electron chi connectivity index (χ1n) is 11.7. The lowest BCUT2D eigenvalue weighted by Crippen LogP contribution is -2.55. The highest BCUT2D eigenvalue weighted by Crippen LogP contribution is 2.21. The van der Waals surface area contributed by atoms with Crippen molar-refractivity contribution in [3.05, 3.63) is 64.7 Å². The van der Waals surface area contributed by atoms with Gasteiger partial charge in [-0.2, -0.15) is 0 Å². The number of carbonyl (C=O) groups excluding carboxylic acids is 2. The molecule has 7 nitrogen and oxygen atoms in total. The Morgan fingerprint density at radius 2 is 1.51 bits per heavy atom. The van der Waals surface area contributed by atoms with Crippen LogP contribution >= 0.6 is 11.6 Å². The van der Waals surface area contributed by atoms with E-state index in [0.29, 0.717) is 17.1 Å². The van der Waals surface area contributed by atoms with Crippen LogP contribution < -0.4 is 9.62 Å². The van der Waals surface area contributed by atoms with Crippen LogP contribution in [-0.4, -0.2) is 49.5 Å². The van der Waals surface area contributed by atoms with Gasteiger partial charge < -0.3 is 10.2 Å². The first-order chi connectivity index (χ1) is 16.2. The lowest BCUT2D eigenvalue weighted by Gasteiger charge is -2.34. The minimum atomic E-state index is -3.76. The number of hydrogen-bond donors (Lipinski definition) is 1.